The molecule has 0 spiro atoms. The number of rotatable bonds is 6. The van der Waals surface area contributed by atoms with Gasteiger partial charge in [-0.3, -0.25) is 4.79 Å². The van der Waals surface area contributed by atoms with Crippen molar-refractivity contribution in [3.63, 3.8) is 0 Å². The lowest BCUT2D eigenvalue weighted by atomic mass is 10.00. The van der Waals surface area contributed by atoms with Crippen LogP contribution in [0.5, 0.6) is 0 Å². The highest BCUT2D eigenvalue weighted by molar-refractivity contribution is 7.99. The van der Waals surface area contributed by atoms with Crippen molar-refractivity contribution >= 4 is 23.4 Å². The fraction of sp³-hybridized carbons (Fsp3) is 0.500. The van der Waals surface area contributed by atoms with Crippen LogP contribution in [0.15, 0.2) is 29.2 Å². The summed E-state index contributed by atoms with van der Waals surface area (Å²) in [7, 11) is 0. The number of hydrogen-bond donors (Lipinski definition) is 2. The van der Waals surface area contributed by atoms with Crippen LogP contribution in [-0.4, -0.2) is 17.2 Å². The lowest BCUT2D eigenvalue weighted by Gasteiger charge is -2.18. The van der Waals surface area contributed by atoms with Gasteiger partial charge in [-0.1, -0.05) is 19.1 Å². The number of thioether (sulfide) groups is 1. The molecule has 0 aliphatic carbocycles. The molecule has 1 aromatic carbocycles. The van der Waals surface area contributed by atoms with Crippen LogP contribution in [0.2, 0.25) is 0 Å². The second kappa shape index (κ2) is 6.81. The molecule has 0 heterocycles. The van der Waals surface area contributed by atoms with Crippen molar-refractivity contribution in [3.8, 4) is 0 Å². The average molecular weight is 266 g/mol. The maximum atomic E-state index is 11.8. The fourth-order valence-corrected chi connectivity index (χ4v) is 2.26. The van der Waals surface area contributed by atoms with Gasteiger partial charge in [0.05, 0.1) is 5.69 Å². The van der Waals surface area contributed by atoms with Crippen molar-refractivity contribution in [2.24, 2.45) is 5.73 Å². The van der Waals surface area contributed by atoms with E-state index in [1.54, 1.807) is 11.8 Å². The molecule has 0 radical (unpaired) electrons. The van der Waals surface area contributed by atoms with E-state index in [1.807, 2.05) is 38.1 Å². The van der Waals surface area contributed by atoms with Gasteiger partial charge in [-0.2, -0.15) is 0 Å². The molecule has 0 bridgehead atoms. The zero-order chi connectivity index (χ0) is 13.6. The number of para-hydroxylation sites is 1. The molecule has 18 heavy (non-hydrogen) atoms. The maximum absolute atomic E-state index is 11.8. The van der Waals surface area contributed by atoms with Gasteiger partial charge < -0.3 is 11.1 Å². The highest BCUT2D eigenvalue weighted by Crippen LogP contribution is 2.26. The highest BCUT2D eigenvalue weighted by Gasteiger charge is 2.14. The number of carbonyl (C=O) groups is 1. The Balaban J connectivity index is 2.59. The minimum absolute atomic E-state index is 0.0256. The van der Waals surface area contributed by atoms with Gasteiger partial charge in [0.1, 0.15) is 0 Å². The third-order valence-electron chi connectivity index (χ3n) is 2.46. The van der Waals surface area contributed by atoms with E-state index in [-0.39, 0.29) is 11.4 Å². The largest absolute Gasteiger partial charge is 0.326 e. The molecule has 4 heteroatoms. The van der Waals surface area contributed by atoms with E-state index in [1.165, 1.54) is 0 Å². The molecule has 0 saturated heterocycles. The Bertz CT molecular complexity index is 399. The summed E-state index contributed by atoms with van der Waals surface area (Å²) in [5.74, 6) is 1.01. The molecule has 0 fully saturated rings. The van der Waals surface area contributed by atoms with E-state index in [9.17, 15) is 4.79 Å². The van der Waals surface area contributed by atoms with Gasteiger partial charge in [0, 0.05) is 16.9 Å². The Hall–Kier alpha value is -1.00. The van der Waals surface area contributed by atoms with E-state index in [2.05, 4.69) is 12.2 Å². The van der Waals surface area contributed by atoms with Crippen LogP contribution in [-0.2, 0) is 4.79 Å². The zero-order valence-corrected chi connectivity index (χ0v) is 12.1. The summed E-state index contributed by atoms with van der Waals surface area (Å²) in [4.78, 5) is 13.0. The van der Waals surface area contributed by atoms with Crippen molar-refractivity contribution in [3.05, 3.63) is 24.3 Å². The van der Waals surface area contributed by atoms with Crippen LogP contribution >= 0.6 is 11.8 Å². The molecule has 3 nitrogen and oxygen atoms in total. The van der Waals surface area contributed by atoms with E-state index < -0.39 is 0 Å². The first-order valence-electron chi connectivity index (χ1n) is 6.23. The molecule has 0 aliphatic heterocycles. The highest BCUT2D eigenvalue weighted by atomic mass is 32.2. The monoisotopic (exact) mass is 266 g/mol. The standard InChI is InChI=1S/C14H22N2OS/c1-4-18-12-8-6-5-7-11(12)16-13(17)9-10-14(2,3)15/h5-8H,4,9-10,15H2,1-3H3,(H,16,17). The van der Waals surface area contributed by atoms with Crippen LogP contribution in [0.3, 0.4) is 0 Å². The molecule has 0 unspecified atom stereocenters. The van der Waals surface area contributed by atoms with Crippen molar-refractivity contribution in [2.75, 3.05) is 11.1 Å². The third-order valence-corrected chi connectivity index (χ3v) is 3.41. The number of carbonyl (C=O) groups excluding carboxylic acids is 1. The molecule has 3 N–H and O–H groups in total. The maximum Gasteiger partial charge on any atom is 0.224 e. The molecule has 0 atom stereocenters. The molecule has 1 rings (SSSR count). The van der Waals surface area contributed by atoms with E-state index in [0.29, 0.717) is 12.8 Å². The third kappa shape index (κ3) is 5.56. The lowest BCUT2D eigenvalue weighted by molar-refractivity contribution is -0.116. The molecule has 1 aromatic rings. The fourth-order valence-electron chi connectivity index (χ4n) is 1.50. The molecular weight excluding hydrogens is 244 g/mol. The van der Waals surface area contributed by atoms with Gasteiger partial charge in [0.2, 0.25) is 5.91 Å². The van der Waals surface area contributed by atoms with Gasteiger partial charge in [-0.15, -0.1) is 11.8 Å². The summed E-state index contributed by atoms with van der Waals surface area (Å²) < 4.78 is 0. The van der Waals surface area contributed by atoms with Crippen LogP contribution in [0.25, 0.3) is 0 Å². The van der Waals surface area contributed by atoms with Crippen molar-refractivity contribution in [1.29, 1.82) is 0 Å². The first-order chi connectivity index (χ1) is 8.42. The lowest BCUT2D eigenvalue weighted by Crippen LogP contribution is -2.33. The number of hydrogen-bond acceptors (Lipinski definition) is 3. The van der Waals surface area contributed by atoms with Gasteiger partial charge in [0.15, 0.2) is 0 Å². The molecule has 0 saturated carbocycles. The molecule has 0 aromatic heterocycles. The normalized spacial score (nSPS) is 11.3. The number of nitrogens with one attached hydrogen (secondary N) is 1. The summed E-state index contributed by atoms with van der Waals surface area (Å²) in [6.07, 6.45) is 1.14. The minimum Gasteiger partial charge on any atom is -0.326 e. The summed E-state index contributed by atoms with van der Waals surface area (Å²) in [5, 5.41) is 2.95. The van der Waals surface area contributed by atoms with Crippen LogP contribution in [0.1, 0.15) is 33.6 Å². The topological polar surface area (TPSA) is 55.1 Å². The summed E-state index contributed by atoms with van der Waals surface area (Å²) in [5.41, 5.74) is 6.47. The van der Waals surface area contributed by atoms with Gasteiger partial charge in [0.25, 0.3) is 0 Å². The zero-order valence-electron chi connectivity index (χ0n) is 11.3. The second-order valence-corrected chi connectivity index (χ2v) is 6.27. The van der Waals surface area contributed by atoms with Gasteiger partial charge >= 0.3 is 0 Å². The summed E-state index contributed by atoms with van der Waals surface area (Å²) in [6.45, 7) is 5.96. The van der Waals surface area contributed by atoms with E-state index >= 15 is 0 Å². The molecule has 100 valence electrons. The Morgan fingerprint density at radius 2 is 2.06 bits per heavy atom. The summed E-state index contributed by atoms with van der Waals surface area (Å²) in [6, 6.07) is 7.87. The quantitative estimate of drug-likeness (QED) is 0.777. The first-order valence-corrected chi connectivity index (χ1v) is 7.21. The number of amides is 1. The first kappa shape index (κ1) is 15.1. The van der Waals surface area contributed by atoms with Crippen LogP contribution in [0.4, 0.5) is 5.69 Å². The Kier molecular flexibility index (Phi) is 5.69. The van der Waals surface area contributed by atoms with E-state index in [0.717, 1.165) is 16.3 Å². The number of nitrogens with two attached hydrogens (primary N) is 1. The Labute approximate surface area is 114 Å². The van der Waals surface area contributed by atoms with Crippen molar-refractivity contribution in [2.45, 2.75) is 44.0 Å². The number of anilines is 1. The van der Waals surface area contributed by atoms with Crippen molar-refractivity contribution in [1.82, 2.24) is 0 Å². The molecule has 0 aliphatic rings. The van der Waals surface area contributed by atoms with E-state index in [4.69, 9.17) is 5.73 Å². The Morgan fingerprint density at radius 3 is 2.67 bits per heavy atom. The summed E-state index contributed by atoms with van der Waals surface area (Å²) >= 11 is 1.73. The van der Waals surface area contributed by atoms with Crippen molar-refractivity contribution < 1.29 is 4.79 Å². The second-order valence-electron chi connectivity index (χ2n) is 4.97. The predicted molar refractivity (Wildman–Crippen MR) is 79.0 cm³/mol. The molecule has 1 amide bonds. The number of benzene rings is 1. The SMILES string of the molecule is CCSc1ccccc1NC(=O)CCC(C)(C)N. The Morgan fingerprint density at radius 1 is 1.39 bits per heavy atom. The van der Waals surface area contributed by atoms with Gasteiger partial charge in [-0.05, 0) is 38.2 Å². The van der Waals surface area contributed by atoms with Crippen LogP contribution < -0.4 is 11.1 Å². The predicted octanol–water partition coefficient (Wildman–Crippen LogP) is 3.25. The smallest absolute Gasteiger partial charge is 0.224 e. The average Bonchev–Trinajstić information content (AvgIpc) is 2.29. The molecular formula is C14H22N2OS. The van der Waals surface area contributed by atoms with Crippen LogP contribution in [0, 0.1) is 0 Å². The minimum atomic E-state index is -0.297. The van der Waals surface area contributed by atoms with Gasteiger partial charge in [-0.25, -0.2) is 0 Å².